The van der Waals surface area contributed by atoms with E-state index in [0.29, 0.717) is 29.5 Å². The Morgan fingerprint density at radius 1 is 1.03 bits per heavy atom. The molecule has 4 rings (SSSR count). The van der Waals surface area contributed by atoms with Crippen molar-refractivity contribution in [1.29, 1.82) is 0 Å². The summed E-state index contributed by atoms with van der Waals surface area (Å²) in [6.45, 7) is -2.43. The molecule has 0 atom stereocenters. The first kappa shape index (κ1) is 21.8. The molecule has 164 valence electrons. The maximum Gasteiger partial charge on any atom is 0.387 e. The average molecular weight is 454 g/mol. The third-order valence-electron chi connectivity index (χ3n) is 4.74. The van der Waals surface area contributed by atoms with Crippen molar-refractivity contribution in [2.24, 2.45) is 0 Å². The number of benzene rings is 3. The summed E-state index contributed by atoms with van der Waals surface area (Å²) < 4.78 is 34.5. The maximum absolute atomic E-state index is 12.7. The number of nitrogens with one attached hydrogen (secondary N) is 1. The number of nitrogens with zero attached hydrogens (tertiary/aromatic N) is 1. The van der Waals surface area contributed by atoms with E-state index in [1.54, 1.807) is 18.2 Å². The molecule has 1 aromatic heterocycles. The molecule has 0 aliphatic rings. The van der Waals surface area contributed by atoms with Gasteiger partial charge < -0.3 is 14.5 Å². The maximum atomic E-state index is 12.7. The van der Waals surface area contributed by atoms with Crippen LogP contribution >= 0.6 is 11.8 Å². The normalized spacial score (nSPS) is 11.1. The molecular weight excluding hydrogens is 434 g/mol. The predicted molar refractivity (Wildman–Crippen MR) is 119 cm³/mol. The van der Waals surface area contributed by atoms with Gasteiger partial charge in [0.15, 0.2) is 5.58 Å². The molecule has 4 aromatic rings. The summed E-state index contributed by atoms with van der Waals surface area (Å²) in [4.78, 5) is 17.2. The number of amides is 1. The highest BCUT2D eigenvalue weighted by Crippen LogP contribution is 2.27. The average Bonchev–Trinajstić information content (AvgIpc) is 3.22. The van der Waals surface area contributed by atoms with Crippen LogP contribution in [0.15, 0.2) is 82.4 Å². The fraction of sp³-hybridized carbons (Fsp3) is 0.167. The van der Waals surface area contributed by atoms with Crippen LogP contribution < -0.4 is 10.1 Å². The quantitative estimate of drug-likeness (QED) is 0.329. The number of hydrogen-bond acceptors (Lipinski definition) is 5. The molecule has 0 aliphatic carbocycles. The first-order valence-electron chi connectivity index (χ1n) is 9.97. The van der Waals surface area contributed by atoms with E-state index in [2.05, 4.69) is 15.0 Å². The molecule has 1 heterocycles. The number of oxazole rings is 1. The van der Waals surface area contributed by atoms with Gasteiger partial charge in [0.05, 0.1) is 0 Å². The number of rotatable bonds is 9. The molecule has 0 unspecified atom stereocenters. The zero-order valence-electron chi connectivity index (χ0n) is 17.0. The minimum absolute atomic E-state index is 0.109. The number of carbonyl (C=O) groups is 1. The summed E-state index contributed by atoms with van der Waals surface area (Å²) >= 11 is 1.43. The second-order valence-corrected chi connectivity index (χ2v) is 7.85. The summed E-state index contributed by atoms with van der Waals surface area (Å²) in [6, 6.07) is 21.4. The van der Waals surface area contributed by atoms with Gasteiger partial charge in [-0.15, -0.1) is 0 Å². The summed E-state index contributed by atoms with van der Waals surface area (Å²) in [7, 11) is 0. The Morgan fingerprint density at radius 2 is 1.78 bits per heavy atom. The molecule has 8 heteroatoms. The number of thioether (sulfide) groups is 1. The van der Waals surface area contributed by atoms with Gasteiger partial charge in [-0.3, -0.25) is 4.79 Å². The number of fused-ring (bicyclic) bond motifs is 1. The highest BCUT2D eigenvalue weighted by molar-refractivity contribution is 7.98. The van der Waals surface area contributed by atoms with Gasteiger partial charge in [0.25, 0.3) is 11.1 Å². The smallest absolute Gasteiger partial charge is 0.387 e. The van der Waals surface area contributed by atoms with E-state index in [0.717, 1.165) is 22.2 Å². The zero-order valence-corrected chi connectivity index (χ0v) is 17.8. The molecule has 3 aromatic carbocycles. The predicted octanol–water partition coefficient (Wildman–Crippen LogP) is 5.69. The number of alkyl halides is 2. The minimum Gasteiger partial charge on any atom is -0.435 e. The van der Waals surface area contributed by atoms with Crippen molar-refractivity contribution in [3.05, 3.63) is 89.5 Å². The third kappa shape index (κ3) is 5.64. The number of carbonyl (C=O) groups excluding carboxylic acids is 1. The second-order valence-electron chi connectivity index (χ2n) is 6.92. The van der Waals surface area contributed by atoms with Gasteiger partial charge in [-0.2, -0.15) is 8.78 Å². The van der Waals surface area contributed by atoms with Crippen LogP contribution in [0, 0.1) is 0 Å². The Balaban J connectivity index is 1.32. The van der Waals surface area contributed by atoms with Crippen LogP contribution in [0.3, 0.4) is 0 Å². The Labute approximate surface area is 187 Å². The lowest BCUT2D eigenvalue weighted by atomic mass is 10.1. The Kier molecular flexibility index (Phi) is 7.01. The van der Waals surface area contributed by atoms with E-state index in [1.807, 2.05) is 42.5 Å². The Morgan fingerprint density at radius 3 is 2.56 bits per heavy atom. The van der Waals surface area contributed by atoms with Gasteiger partial charge in [-0.1, -0.05) is 54.2 Å². The lowest BCUT2D eigenvalue weighted by Crippen LogP contribution is -2.26. The minimum atomic E-state index is -2.85. The highest BCUT2D eigenvalue weighted by atomic mass is 32.2. The van der Waals surface area contributed by atoms with Gasteiger partial charge in [0.2, 0.25) is 0 Å². The SMILES string of the molecule is O=C(NCCc1ccc(OC(F)F)cc1)c1ccccc1CSc1nc2ccccc2o1. The first-order chi connectivity index (χ1) is 15.6. The van der Waals surface area contributed by atoms with Crippen LogP contribution in [0.2, 0.25) is 0 Å². The molecular formula is C24H20F2N2O3S. The van der Waals surface area contributed by atoms with Crippen molar-refractivity contribution >= 4 is 28.8 Å². The van der Waals surface area contributed by atoms with E-state index in [1.165, 1.54) is 23.9 Å². The molecule has 1 amide bonds. The van der Waals surface area contributed by atoms with Crippen molar-refractivity contribution < 1.29 is 22.7 Å². The summed E-state index contributed by atoms with van der Waals surface area (Å²) in [5.41, 5.74) is 3.92. The van der Waals surface area contributed by atoms with Crippen molar-refractivity contribution in [3.8, 4) is 5.75 Å². The van der Waals surface area contributed by atoms with E-state index < -0.39 is 6.61 Å². The highest BCUT2D eigenvalue weighted by Gasteiger charge is 2.13. The van der Waals surface area contributed by atoms with Crippen molar-refractivity contribution in [2.45, 2.75) is 24.0 Å². The first-order valence-corrected chi connectivity index (χ1v) is 11.0. The topological polar surface area (TPSA) is 64.4 Å². The van der Waals surface area contributed by atoms with E-state index in [-0.39, 0.29) is 11.7 Å². The van der Waals surface area contributed by atoms with Crippen LogP contribution in [-0.2, 0) is 12.2 Å². The van der Waals surface area contributed by atoms with E-state index in [4.69, 9.17) is 4.42 Å². The fourth-order valence-electron chi connectivity index (χ4n) is 3.17. The number of halogens is 2. The molecule has 1 N–H and O–H groups in total. The standard InChI is InChI=1S/C24H20F2N2O3S/c25-23(26)30-18-11-9-16(10-12-18)13-14-27-22(29)19-6-2-1-5-17(19)15-32-24-28-20-7-3-4-8-21(20)31-24/h1-12,23H,13-15H2,(H,27,29). The monoisotopic (exact) mass is 454 g/mol. The van der Waals surface area contributed by atoms with Crippen LogP contribution in [0.5, 0.6) is 5.75 Å². The molecule has 0 spiro atoms. The van der Waals surface area contributed by atoms with Crippen LogP contribution in [-0.4, -0.2) is 24.0 Å². The largest absolute Gasteiger partial charge is 0.435 e. The summed E-state index contributed by atoms with van der Waals surface area (Å²) in [5.74, 6) is 0.483. The lowest BCUT2D eigenvalue weighted by Gasteiger charge is -2.10. The van der Waals surface area contributed by atoms with Gasteiger partial charge in [0.1, 0.15) is 11.3 Å². The molecule has 0 saturated carbocycles. The van der Waals surface area contributed by atoms with Gasteiger partial charge in [-0.05, 0) is 47.9 Å². The number of aromatic nitrogens is 1. The van der Waals surface area contributed by atoms with E-state index >= 15 is 0 Å². The molecule has 0 bridgehead atoms. The van der Waals surface area contributed by atoms with Crippen molar-refractivity contribution in [2.75, 3.05) is 6.54 Å². The molecule has 5 nitrogen and oxygen atoms in total. The number of para-hydroxylation sites is 2. The second kappa shape index (κ2) is 10.3. The van der Waals surface area contributed by atoms with Crippen LogP contribution in [0.25, 0.3) is 11.1 Å². The van der Waals surface area contributed by atoms with Gasteiger partial charge in [-0.25, -0.2) is 4.98 Å². The van der Waals surface area contributed by atoms with Crippen LogP contribution in [0.1, 0.15) is 21.5 Å². The fourth-order valence-corrected chi connectivity index (χ4v) is 4.02. The third-order valence-corrected chi connectivity index (χ3v) is 5.61. The van der Waals surface area contributed by atoms with Crippen molar-refractivity contribution in [3.63, 3.8) is 0 Å². The lowest BCUT2D eigenvalue weighted by molar-refractivity contribution is -0.0498. The molecule has 0 radical (unpaired) electrons. The van der Waals surface area contributed by atoms with Gasteiger partial charge in [0, 0.05) is 17.9 Å². The molecule has 0 fully saturated rings. The molecule has 32 heavy (non-hydrogen) atoms. The zero-order chi connectivity index (χ0) is 22.3. The molecule has 0 saturated heterocycles. The van der Waals surface area contributed by atoms with Crippen molar-refractivity contribution in [1.82, 2.24) is 10.3 Å². The summed E-state index contributed by atoms with van der Waals surface area (Å²) in [6.07, 6.45) is 0.570. The Hall–Kier alpha value is -3.39. The number of ether oxygens (including phenoxy) is 1. The summed E-state index contributed by atoms with van der Waals surface area (Å²) in [5, 5.41) is 3.47. The Bertz CT molecular complexity index is 1160. The van der Waals surface area contributed by atoms with E-state index in [9.17, 15) is 13.6 Å². The van der Waals surface area contributed by atoms with Gasteiger partial charge >= 0.3 is 6.61 Å². The van der Waals surface area contributed by atoms with Crippen LogP contribution in [0.4, 0.5) is 8.78 Å². The molecule has 0 aliphatic heterocycles. The number of hydrogen-bond donors (Lipinski definition) is 1.